The van der Waals surface area contributed by atoms with Crippen molar-refractivity contribution in [2.24, 2.45) is 5.73 Å². The molecule has 2 aromatic rings. The molecule has 0 unspecified atom stereocenters. The Kier molecular flexibility index (Phi) is 5.85. The molecular weight excluding hydrogens is 350 g/mol. The average Bonchev–Trinajstić information content (AvgIpc) is 2.90. The van der Waals surface area contributed by atoms with Crippen LogP contribution in [0.4, 0.5) is 10.8 Å². The predicted octanol–water partition coefficient (Wildman–Crippen LogP) is 1.70. The Morgan fingerprint density at radius 2 is 2.04 bits per heavy atom. The number of aromatic nitrogens is 1. The average molecular weight is 373 g/mol. The van der Waals surface area contributed by atoms with Crippen LogP contribution in [0.25, 0.3) is 0 Å². The van der Waals surface area contributed by atoms with Crippen LogP contribution in [0.2, 0.25) is 0 Å². The van der Waals surface area contributed by atoms with Gasteiger partial charge < -0.3 is 16.0 Å². The summed E-state index contributed by atoms with van der Waals surface area (Å²) < 4.78 is 0. The monoisotopic (exact) mass is 373 g/mol. The Bertz CT molecular complexity index is 791. The van der Waals surface area contributed by atoms with E-state index in [0.29, 0.717) is 11.3 Å². The lowest BCUT2D eigenvalue weighted by molar-refractivity contribution is -0.117. The molecule has 3 N–H and O–H groups in total. The van der Waals surface area contributed by atoms with Gasteiger partial charge in [0.25, 0.3) is 5.91 Å². The van der Waals surface area contributed by atoms with Crippen molar-refractivity contribution in [2.45, 2.75) is 13.3 Å². The normalized spacial score (nSPS) is 15.5. The van der Waals surface area contributed by atoms with Gasteiger partial charge in [-0.15, -0.1) is 11.3 Å². The molecule has 0 bridgehead atoms. The summed E-state index contributed by atoms with van der Waals surface area (Å²) in [7, 11) is 0. The lowest BCUT2D eigenvalue weighted by Crippen LogP contribution is -2.36. The fourth-order valence-corrected chi connectivity index (χ4v) is 3.86. The minimum absolute atomic E-state index is 0.141. The van der Waals surface area contributed by atoms with Crippen LogP contribution in [0, 0.1) is 6.92 Å². The van der Waals surface area contributed by atoms with Crippen molar-refractivity contribution < 1.29 is 9.59 Å². The molecule has 26 heavy (non-hydrogen) atoms. The Balaban J connectivity index is 1.56. The smallest absolute Gasteiger partial charge is 0.250 e. The highest BCUT2D eigenvalue weighted by atomic mass is 32.1. The zero-order valence-corrected chi connectivity index (χ0v) is 15.6. The SMILES string of the molecule is Cc1csc(N2CCCN(CC(=O)Nc3ccccc3C(N)=O)CC2)n1. The van der Waals surface area contributed by atoms with Crippen LogP contribution in [0.1, 0.15) is 22.5 Å². The number of thiazole rings is 1. The minimum atomic E-state index is -0.551. The van der Waals surface area contributed by atoms with Crippen LogP contribution in [0.15, 0.2) is 29.6 Å². The topological polar surface area (TPSA) is 91.6 Å². The summed E-state index contributed by atoms with van der Waals surface area (Å²) in [5, 5.41) is 5.90. The largest absolute Gasteiger partial charge is 0.366 e. The van der Waals surface area contributed by atoms with Gasteiger partial charge in [-0.3, -0.25) is 14.5 Å². The maximum absolute atomic E-state index is 12.4. The van der Waals surface area contributed by atoms with Crippen molar-refractivity contribution in [1.29, 1.82) is 0 Å². The lowest BCUT2D eigenvalue weighted by Gasteiger charge is -2.21. The number of para-hydroxylation sites is 1. The van der Waals surface area contributed by atoms with Gasteiger partial charge in [-0.25, -0.2) is 4.98 Å². The molecule has 0 atom stereocenters. The summed E-state index contributed by atoms with van der Waals surface area (Å²) in [4.78, 5) is 32.8. The van der Waals surface area contributed by atoms with Gasteiger partial charge in [0.2, 0.25) is 5.91 Å². The van der Waals surface area contributed by atoms with Crippen LogP contribution in [-0.4, -0.2) is 54.4 Å². The van der Waals surface area contributed by atoms with Crippen LogP contribution >= 0.6 is 11.3 Å². The number of carbonyl (C=O) groups is 2. The predicted molar refractivity (Wildman–Crippen MR) is 104 cm³/mol. The van der Waals surface area contributed by atoms with E-state index >= 15 is 0 Å². The second kappa shape index (κ2) is 8.29. The molecule has 138 valence electrons. The molecule has 7 nitrogen and oxygen atoms in total. The first-order valence-electron chi connectivity index (χ1n) is 8.61. The quantitative estimate of drug-likeness (QED) is 0.832. The van der Waals surface area contributed by atoms with E-state index in [2.05, 4.69) is 25.5 Å². The third kappa shape index (κ3) is 4.59. The molecule has 0 saturated carbocycles. The van der Waals surface area contributed by atoms with E-state index < -0.39 is 5.91 Å². The third-order valence-electron chi connectivity index (χ3n) is 4.30. The highest BCUT2D eigenvalue weighted by molar-refractivity contribution is 7.13. The van der Waals surface area contributed by atoms with Gasteiger partial charge in [0, 0.05) is 31.6 Å². The van der Waals surface area contributed by atoms with Crippen molar-refractivity contribution in [3.8, 4) is 0 Å². The van der Waals surface area contributed by atoms with Crippen molar-refractivity contribution in [3.63, 3.8) is 0 Å². The number of hydrogen-bond donors (Lipinski definition) is 2. The number of hydrogen-bond acceptors (Lipinski definition) is 6. The van der Waals surface area contributed by atoms with Gasteiger partial charge in [0.1, 0.15) is 0 Å². The third-order valence-corrected chi connectivity index (χ3v) is 5.32. The van der Waals surface area contributed by atoms with E-state index in [4.69, 9.17) is 5.73 Å². The Morgan fingerprint density at radius 3 is 2.77 bits per heavy atom. The number of primary amides is 1. The fraction of sp³-hybridized carbons (Fsp3) is 0.389. The van der Waals surface area contributed by atoms with E-state index in [1.807, 2.05) is 6.92 Å². The minimum Gasteiger partial charge on any atom is -0.366 e. The molecule has 0 radical (unpaired) electrons. The number of nitrogens with one attached hydrogen (secondary N) is 1. The molecule has 1 aromatic heterocycles. The number of aryl methyl sites for hydroxylation is 1. The molecule has 1 aliphatic rings. The molecule has 0 spiro atoms. The van der Waals surface area contributed by atoms with E-state index in [0.717, 1.165) is 43.4 Å². The van der Waals surface area contributed by atoms with Crippen LogP contribution in [0.5, 0.6) is 0 Å². The van der Waals surface area contributed by atoms with Crippen LogP contribution < -0.4 is 16.0 Å². The second-order valence-corrected chi connectivity index (χ2v) is 7.18. The molecule has 1 aliphatic heterocycles. The Labute approximate surface area is 156 Å². The number of nitrogens with two attached hydrogens (primary N) is 1. The molecule has 1 saturated heterocycles. The number of carbonyl (C=O) groups excluding carboxylic acids is 2. The van der Waals surface area contributed by atoms with E-state index in [9.17, 15) is 9.59 Å². The molecule has 2 amide bonds. The van der Waals surface area contributed by atoms with Gasteiger partial charge >= 0.3 is 0 Å². The lowest BCUT2D eigenvalue weighted by atomic mass is 10.1. The molecular formula is C18H23N5O2S. The number of rotatable bonds is 5. The zero-order valence-electron chi connectivity index (χ0n) is 14.8. The summed E-state index contributed by atoms with van der Waals surface area (Å²) in [6.45, 7) is 5.72. The van der Waals surface area contributed by atoms with Gasteiger partial charge in [-0.05, 0) is 25.5 Å². The molecule has 0 aliphatic carbocycles. The molecule has 1 aromatic carbocycles. The fourth-order valence-electron chi connectivity index (χ4n) is 3.01. The molecule has 1 fully saturated rings. The molecule has 3 rings (SSSR count). The summed E-state index contributed by atoms with van der Waals surface area (Å²) in [6, 6.07) is 6.78. The highest BCUT2D eigenvalue weighted by Crippen LogP contribution is 2.21. The summed E-state index contributed by atoms with van der Waals surface area (Å²) in [5.74, 6) is -0.692. The summed E-state index contributed by atoms with van der Waals surface area (Å²) >= 11 is 1.66. The highest BCUT2D eigenvalue weighted by Gasteiger charge is 2.19. The summed E-state index contributed by atoms with van der Waals surface area (Å²) in [6.07, 6.45) is 0.976. The molecule has 8 heteroatoms. The Morgan fingerprint density at radius 1 is 1.23 bits per heavy atom. The summed E-state index contributed by atoms with van der Waals surface area (Å²) in [5.41, 5.74) is 7.18. The van der Waals surface area contributed by atoms with E-state index in [1.54, 1.807) is 35.6 Å². The standard InChI is InChI=1S/C18H23N5O2S/c1-13-12-26-18(20-13)23-8-4-7-22(9-10-23)11-16(24)21-15-6-3-2-5-14(15)17(19)25/h2-3,5-6,12H,4,7-11H2,1H3,(H2,19,25)(H,21,24). The first-order chi connectivity index (χ1) is 12.5. The van der Waals surface area contributed by atoms with Crippen LogP contribution in [0.3, 0.4) is 0 Å². The maximum Gasteiger partial charge on any atom is 0.250 e. The number of amides is 2. The number of nitrogens with zero attached hydrogens (tertiary/aromatic N) is 3. The zero-order chi connectivity index (χ0) is 18.5. The second-order valence-electron chi connectivity index (χ2n) is 6.35. The first kappa shape index (κ1) is 18.3. The van der Waals surface area contributed by atoms with Crippen molar-refractivity contribution in [3.05, 3.63) is 40.9 Å². The van der Waals surface area contributed by atoms with Gasteiger partial charge in [-0.1, -0.05) is 12.1 Å². The van der Waals surface area contributed by atoms with Gasteiger partial charge in [-0.2, -0.15) is 0 Å². The van der Waals surface area contributed by atoms with E-state index in [-0.39, 0.29) is 12.5 Å². The van der Waals surface area contributed by atoms with Gasteiger partial charge in [0.15, 0.2) is 5.13 Å². The van der Waals surface area contributed by atoms with Gasteiger partial charge in [0.05, 0.1) is 23.5 Å². The maximum atomic E-state index is 12.4. The van der Waals surface area contributed by atoms with Crippen molar-refractivity contribution >= 4 is 34.0 Å². The first-order valence-corrected chi connectivity index (χ1v) is 9.49. The molecule has 2 heterocycles. The Hall–Kier alpha value is -2.45. The van der Waals surface area contributed by atoms with Crippen molar-refractivity contribution in [1.82, 2.24) is 9.88 Å². The number of benzene rings is 1. The number of anilines is 2. The van der Waals surface area contributed by atoms with E-state index in [1.165, 1.54) is 0 Å². The van der Waals surface area contributed by atoms with Crippen molar-refractivity contribution in [2.75, 3.05) is 42.9 Å². The van der Waals surface area contributed by atoms with Crippen LogP contribution in [-0.2, 0) is 4.79 Å².